The molecule has 0 atom stereocenters. The maximum atomic E-state index is 12.6. The van der Waals surface area contributed by atoms with E-state index in [0.29, 0.717) is 11.7 Å². The van der Waals surface area contributed by atoms with E-state index >= 15 is 0 Å². The smallest absolute Gasteiger partial charge is 0.413 e. The highest BCUT2D eigenvalue weighted by Crippen LogP contribution is 2.44. The van der Waals surface area contributed by atoms with Gasteiger partial charge in [-0.05, 0) is 34.2 Å². The second kappa shape index (κ2) is 8.97. The molecule has 32 heavy (non-hydrogen) atoms. The summed E-state index contributed by atoms with van der Waals surface area (Å²) in [7, 11) is 0. The summed E-state index contributed by atoms with van der Waals surface area (Å²) in [5.74, 6) is 0.0456. The molecule has 5 heteroatoms. The van der Waals surface area contributed by atoms with Crippen molar-refractivity contribution < 1.29 is 9.53 Å². The van der Waals surface area contributed by atoms with Crippen molar-refractivity contribution in [2.45, 2.75) is 25.7 Å². The van der Waals surface area contributed by atoms with Gasteiger partial charge in [0, 0.05) is 17.2 Å². The number of rotatable bonds is 6. The van der Waals surface area contributed by atoms with Crippen LogP contribution < -0.4 is 5.32 Å². The average molecular weight is 441 g/mol. The van der Waals surface area contributed by atoms with Gasteiger partial charge in [0.2, 0.25) is 0 Å². The summed E-state index contributed by atoms with van der Waals surface area (Å²) < 4.78 is 5.66. The monoisotopic (exact) mass is 440 g/mol. The van der Waals surface area contributed by atoms with Crippen LogP contribution >= 0.6 is 11.3 Å². The first-order valence-electron chi connectivity index (χ1n) is 10.9. The van der Waals surface area contributed by atoms with Gasteiger partial charge >= 0.3 is 6.09 Å². The fraction of sp³-hybridized carbons (Fsp3) is 0.185. The van der Waals surface area contributed by atoms with Crippen LogP contribution in [0.15, 0.2) is 78.9 Å². The van der Waals surface area contributed by atoms with Gasteiger partial charge in [-0.15, -0.1) is 11.3 Å². The minimum Gasteiger partial charge on any atom is -0.448 e. The predicted molar refractivity (Wildman–Crippen MR) is 129 cm³/mol. The lowest BCUT2D eigenvalue weighted by Gasteiger charge is -2.14. The molecule has 0 bridgehead atoms. The van der Waals surface area contributed by atoms with Crippen LogP contribution in [0.5, 0.6) is 0 Å². The van der Waals surface area contributed by atoms with Gasteiger partial charge in [0.25, 0.3) is 0 Å². The zero-order chi connectivity index (χ0) is 21.9. The lowest BCUT2D eigenvalue weighted by Crippen LogP contribution is -2.17. The Bertz CT molecular complexity index is 1200. The quantitative estimate of drug-likeness (QED) is 0.365. The number of aromatic nitrogens is 1. The Balaban J connectivity index is 1.27. The van der Waals surface area contributed by atoms with Gasteiger partial charge in [-0.3, -0.25) is 5.32 Å². The summed E-state index contributed by atoms with van der Waals surface area (Å²) in [6.45, 7) is 2.40. The number of amides is 1. The Hall–Kier alpha value is -3.44. The van der Waals surface area contributed by atoms with Crippen molar-refractivity contribution in [2.75, 3.05) is 11.9 Å². The molecule has 1 aliphatic carbocycles. The number of benzene rings is 3. The van der Waals surface area contributed by atoms with Crippen molar-refractivity contribution >= 4 is 22.6 Å². The van der Waals surface area contributed by atoms with Crippen LogP contribution in [0, 0.1) is 0 Å². The highest BCUT2D eigenvalue weighted by molar-refractivity contribution is 7.15. The molecule has 0 radical (unpaired) electrons. The minimum absolute atomic E-state index is 0.0456. The van der Waals surface area contributed by atoms with Crippen molar-refractivity contribution in [1.82, 2.24) is 4.98 Å². The molecule has 1 aromatic heterocycles. The summed E-state index contributed by atoms with van der Waals surface area (Å²) in [4.78, 5) is 18.5. The Labute approximate surface area is 191 Å². The van der Waals surface area contributed by atoms with E-state index in [0.717, 1.165) is 18.5 Å². The number of hydrogen-bond donors (Lipinski definition) is 1. The third-order valence-corrected chi connectivity index (χ3v) is 7.02. The lowest BCUT2D eigenvalue weighted by molar-refractivity contribution is 0.158. The topological polar surface area (TPSA) is 51.2 Å². The van der Waals surface area contributed by atoms with Gasteiger partial charge in [-0.1, -0.05) is 85.8 Å². The fourth-order valence-corrected chi connectivity index (χ4v) is 5.27. The lowest BCUT2D eigenvalue weighted by atomic mass is 9.98. The van der Waals surface area contributed by atoms with Gasteiger partial charge in [-0.2, -0.15) is 0 Å². The van der Waals surface area contributed by atoms with Crippen LogP contribution in [0.3, 0.4) is 0 Å². The number of fused-ring (bicyclic) bond motifs is 3. The summed E-state index contributed by atoms with van der Waals surface area (Å²) in [6.07, 6.45) is 1.17. The molecule has 1 amide bonds. The first-order valence-corrected chi connectivity index (χ1v) is 11.7. The maximum Gasteiger partial charge on any atom is 0.413 e. The van der Waals surface area contributed by atoms with Gasteiger partial charge in [0.1, 0.15) is 6.61 Å². The van der Waals surface area contributed by atoms with Crippen molar-refractivity contribution in [1.29, 1.82) is 0 Å². The first kappa shape index (κ1) is 20.5. The van der Waals surface area contributed by atoms with Crippen LogP contribution in [0.25, 0.3) is 11.1 Å². The third kappa shape index (κ3) is 4.04. The SMILES string of the molecule is CCc1sc(NC(=O)OCC2c3ccccc3-c3ccccc32)nc1Cc1ccccc1. The van der Waals surface area contributed by atoms with E-state index in [2.05, 4.69) is 53.6 Å². The zero-order valence-electron chi connectivity index (χ0n) is 17.9. The Kier molecular flexibility index (Phi) is 5.73. The first-order chi connectivity index (χ1) is 15.7. The molecule has 4 aromatic rings. The standard InChI is InChI=1S/C27H24N2O2S/c1-2-25-24(16-18-10-4-3-5-11-18)28-26(32-25)29-27(30)31-17-23-21-14-8-6-12-19(21)20-13-7-9-15-22(20)23/h3-15,23H,2,16-17H2,1H3,(H,28,29,30). The highest BCUT2D eigenvalue weighted by Gasteiger charge is 2.29. The van der Waals surface area contributed by atoms with Gasteiger partial charge < -0.3 is 4.74 Å². The fourth-order valence-electron chi connectivity index (χ4n) is 4.36. The normalized spacial score (nSPS) is 12.3. The molecule has 1 aliphatic rings. The van der Waals surface area contributed by atoms with Crippen molar-refractivity contribution in [3.05, 3.63) is 106 Å². The van der Waals surface area contributed by atoms with Crippen LogP contribution in [-0.2, 0) is 17.6 Å². The molecule has 0 fully saturated rings. The van der Waals surface area contributed by atoms with Crippen LogP contribution in [-0.4, -0.2) is 17.7 Å². The molecule has 3 aromatic carbocycles. The van der Waals surface area contributed by atoms with Crippen LogP contribution in [0.4, 0.5) is 9.93 Å². The Morgan fingerprint density at radius 2 is 1.56 bits per heavy atom. The van der Waals surface area contributed by atoms with Crippen LogP contribution in [0.1, 0.15) is 40.1 Å². The number of carbonyl (C=O) groups excluding carboxylic acids is 1. The van der Waals surface area contributed by atoms with Gasteiger partial charge in [-0.25, -0.2) is 9.78 Å². The molecule has 0 unspecified atom stereocenters. The van der Waals surface area contributed by atoms with E-state index in [9.17, 15) is 4.79 Å². The van der Waals surface area contributed by atoms with E-state index in [1.807, 2.05) is 42.5 Å². The molecule has 5 rings (SSSR count). The highest BCUT2D eigenvalue weighted by atomic mass is 32.1. The summed E-state index contributed by atoms with van der Waals surface area (Å²) >= 11 is 1.52. The number of ether oxygens (including phenoxy) is 1. The number of hydrogen-bond acceptors (Lipinski definition) is 4. The van der Waals surface area contributed by atoms with Crippen molar-refractivity contribution in [2.24, 2.45) is 0 Å². The van der Waals surface area contributed by atoms with Crippen LogP contribution in [0.2, 0.25) is 0 Å². The summed E-state index contributed by atoms with van der Waals surface area (Å²) in [6, 6.07) is 26.9. The van der Waals surface area contributed by atoms with Gasteiger partial charge in [0.15, 0.2) is 5.13 Å². The second-order valence-corrected chi connectivity index (χ2v) is 8.94. The second-order valence-electron chi connectivity index (χ2n) is 7.86. The summed E-state index contributed by atoms with van der Waals surface area (Å²) in [5, 5.41) is 3.43. The number of aryl methyl sites for hydroxylation is 1. The minimum atomic E-state index is -0.463. The van der Waals surface area contributed by atoms with E-state index in [1.165, 1.54) is 44.0 Å². The molecular formula is C27H24N2O2S. The average Bonchev–Trinajstić information content (AvgIpc) is 3.36. The molecule has 4 nitrogen and oxygen atoms in total. The maximum absolute atomic E-state index is 12.6. The van der Waals surface area contributed by atoms with Crippen molar-refractivity contribution in [3.8, 4) is 11.1 Å². The molecule has 0 saturated heterocycles. The van der Waals surface area contributed by atoms with E-state index in [1.54, 1.807) is 0 Å². The Morgan fingerprint density at radius 1 is 0.938 bits per heavy atom. The van der Waals surface area contributed by atoms with Crippen molar-refractivity contribution in [3.63, 3.8) is 0 Å². The number of nitrogens with one attached hydrogen (secondary N) is 1. The third-order valence-electron chi connectivity index (χ3n) is 5.87. The Morgan fingerprint density at radius 3 is 2.22 bits per heavy atom. The predicted octanol–water partition coefficient (Wildman–Crippen LogP) is 6.66. The van der Waals surface area contributed by atoms with E-state index in [4.69, 9.17) is 4.74 Å². The molecule has 0 spiro atoms. The number of carbonyl (C=O) groups is 1. The van der Waals surface area contributed by atoms with E-state index in [-0.39, 0.29) is 5.92 Å². The number of anilines is 1. The summed E-state index contributed by atoms with van der Waals surface area (Å²) in [5.41, 5.74) is 7.06. The molecule has 1 heterocycles. The van der Waals surface area contributed by atoms with E-state index < -0.39 is 6.09 Å². The largest absolute Gasteiger partial charge is 0.448 e. The number of thiazole rings is 1. The number of nitrogens with zero attached hydrogens (tertiary/aromatic N) is 1. The molecule has 160 valence electrons. The molecular weight excluding hydrogens is 416 g/mol. The van der Waals surface area contributed by atoms with Gasteiger partial charge in [0.05, 0.1) is 5.69 Å². The molecule has 1 N–H and O–H groups in total. The zero-order valence-corrected chi connectivity index (χ0v) is 18.7. The molecule has 0 saturated carbocycles. The molecule has 0 aliphatic heterocycles.